The zero-order valence-corrected chi connectivity index (χ0v) is 20.1. The molecule has 1 atom stereocenters. The smallest absolute Gasteiger partial charge is 0.352 e. The fourth-order valence-corrected chi connectivity index (χ4v) is 4.75. The highest BCUT2D eigenvalue weighted by Gasteiger charge is 2.35. The lowest BCUT2D eigenvalue weighted by Gasteiger charge is -2.32. The van der Waals surface area contributed by atoms with Crippen LogP contribution in [0.1, 0.15) is 47.3 Å². The molecule has 2 aromatic carbocycles. The molecule has 0 aliphatic carbocycles. The number of carboxylic acid groups (broad SMARTS) is 1. The van der Waals surface area contributed by atoms with Gasteiger partial charge < -0.3 is 15.3 Å². The summed E-state index contributed by atoms with van der Waals surface area (Å²) in [6, 6.07) is 10.1. The summed E-state index contributed by atoms with van der Waals surface area (Å²) in [5, 5.41) is 17.9. The summed E-state index contributed by atoms with van der Waals surface area (Å²) in [7, 11) is 1.54. The molecule has 3 heterocycles. The standard InChI is InChI=1S/C25H26F2N6O3/c1-14-12-17(15(2)28-19-7-5-4-6-16(19)22(34)35)20-18(13-14)21-30-31(3)24(36)33(21)23(29-20)32-10-8-25(26,27)9-11-32/h4-7,12-13,15,28H,8-11H2,1-3H3,(H,34,35)/t15-/m1/s1. The van der Waals surface area contributed by atoms with Gasteiger partial charge in [0.05, 0.1) is 17.1 Å². The Morgan fingerprint density at radius 3 is 2.58 bits per heavy atom. The van der Waals surface area contributed by atoms with Gasteiger partial charge in [0.25, 0.3) is 5.92 Å². The van der Waals surface area contributed by atoms with Crippen LogP contribution in [0.5, 0.6) is 0 Å². The molecule has 0 unspecified atom stereocenters. The highest BCUT2D eigenvalue weighted by molar-refractivity contribution is 5.96. The number of alkyl halides is 2. The van der Waals surface area contributed by atoms with Crippen LogP contribution in [0, 0.1) is 6.92 Å². The second kappa shape index (κ2) is 8.58. The zero-order chi connectivity index (χ0) is 25.8. The molecule has 0 spiro atoms. The van der Waals surface area contributed by atoms with Crippen LogP contribution in [-0.4, -0.2) is 49.3 Å². The molecule has 9 nitrogen and oxygen atoms in total. The van der Waals surface area contributed by atoms with E-state index in [-0.39, 0.29) is 43.5 Å². The monoisotopic (exact) mass is 496 g/mol. The van der Waals surface area contributed by atoms with Crippen molar-refractivity contribution in [1.82, 2.24) is 19.2 Å². The Morgan fingerprint density at radius 1 is 1.19 bits per heavy atom. The van der Waals surface area contributed by atoms with Crippen LogP contribution in [0.25, 0.3) is 16.6 Å². The molecule has 188 valence electrons. The zero-order valence-electron chi connectivity index (χ0n) is 20.1. The van der Waals surface area contributed by atoms with Crippen LogP contribution in [0.4, 0.5) is 20.4 Å². The Balaban J connectivity index is 1.69. The van der Waals surface area contributed by atoms with E-state index in [9.17, 15) is 23.5 Å². The molecular weight excluding hydrogens is 470 g/mol. The first-order valence-electron chi connectivity index (χ1n) is 11.7. The molecule has 0 radical (unpaired) electrons. The number of piperidine rings is 1. The largest absolute Gasteiger partial charge is 0.478 e. The molecule has 0 bridgehead atoms. The molecule has 11 heteroatoms. The maximum Gasteiger partial charge on any atom is 0.352 e. The van der Waals surface area contributed by atoms with Crippen LogP contribution in [0.2, 0.25) is 0 Å². The van der Waals surface area contributed by atoms with Crippen LogP contribution >= 0.6 is 0 Å². The number of benzene rings is 2. The minimum Gasteiger partial charge on any atom is -0.478 e. The van der Waals surface area contributed by atoms with Crippen molar-refractivity contribution >= 4 is 34.2 Å². The van der Waals surface area contributed by atoms with E-state index in [0.29, 0.717) is 22.2 Å². The van der Waals surface area contributed by atoms with Crippen LogP contribution in [0.3, 0.4) is 0 Å². The number of carbonyl (C=O) groups is 1. The molecule has 1 fully saturated rings. The highest BCUT2D eigenvalue weighted by atomic mass is 19.3. The molecular formula is C25H26F2N6O3. The van der Waals surface area contributed by atoms with E-state index in [1.807, 2.05) is 26.0 Å². The van der Waals surface area contributed by atoms with Crippen molar-refractivity contribution in [2.45, 2.75) is 38.7 Å². The fourth-order valence-electron chi connectivity index (χ4n) is 4.75. The maximum atomic E-state index is 13.9. The van der Waals surface area contributed by atoms with E-state index in [4.69, 9.17) is 4.98 Å². The van der Waals surface area contributed by atoms with E-state index in [0.717, 1.165) is 11.1 Å². The van der Waals surface area contributed by atoms with E-state index in [1.165, 1.54) is 15.1 Å². The Morgan fingerprint density at radius 2 is 1.89 bits per heavy atom. The van der Waals surface area contributed by atoms with Gasteiger partial charge in [0, 0.05) is 49.6 Å². The minimum atomic E-state index is -2.75. The third-order valence-corrected chi connectivity index (χ3v) is 6.63. The lowest BCUT2D eigenvalue weighted by Crippen LogP contribution is -2.41. The van der Waals surface area contributed by atoms with Gasteiger partial charge in [-0.3, -0.25) is 0 Å². The summed E-state index contributed by atoms with van der Waals surface area (Å²) >= 11 is 0. The second-order valence-electron chi connectivity index (χ2n) is 9.29. The number of anilines is 2. The van der Waals surface area contributed by atoms with E-state index in [2.05, 4.69) is 10.4 Å². The highest BCUT2D eigenvalue weighted by Crippen LogP contribution is 2.34. The quantitative estimate of drug-likeness (QED) is 0.430. The fraction of sp³-hybridized carbons (Fsp3) is 0.360. The molecule has 2 aromatic heterocycles. The molecule has 1 aliphatic rings. The minimum absolute atomic E-state index is 0.0585. The number of hydrogen-bond acceptors (Lipinski definition) is 6. The van der Waals surface area contributed by atoms with Crippen molar-refractivity contribution < 1.29 is 18.7 Å². The molecule has 5 rings (SSSR count). The van der Waals surface area contributed by atoms with Crippen molar-refractivity contribution in [2.75, 3.05) is 23.3 Å². The summed E-state index contributed by atoms with van der Waals surface area (Å²) < 4.78 is 30.3. The van der Waals surface area contributed by atoms with Crippen LogP contribution in [0.15, 0.2) is 41.2 Å². The Hall–Kier alpha value is -4.02. The van der Waals surface area contributed by atoms with Gasteiger partial charge in [-0.05, 0) is 37.6 Å². The second-order valence-corrected chi connectivity index (χ2v) is 9.29. The van der Waals surface area contributed by atoms with Crippen molar-refractivity contribution in [3.05, 3.63) is 63.6 Å². The number of nitrogens with zero attached hydrogens (tertiary/aromatic N) is 5. The van der Waals surface area contributed by atoms with E-state index in [1.54, 1.807) is 30.1 Å². The maximum absolute atomic E-state index is 13.9. The first-order chi connectivity index (χ1) is 17.1. The lowest BCUT2D eigenvalue weighted by molar-refractivity contribution is -0.0223. The summed E-state index contributed by atoms with van der Waals surface area (Å²) in [5.41, 5.74) is 2.83. The Bertz CT molecular complexity index is 1550. The van der Waals surface area contributed by atoms with E-state index < -0.39 is 17.6 Å². The van der Waals surface area contributed by atoms with Crippen molar-refractivity contribution in [2.24, 2.45) is 7.05 Å². The Labute approximate surface area is 205 Å². The first-order valence-corrected chi connectivity index (χ1v) is 11.7. The number of nitrogens with one attached hydrogen (secondary N) is 1. The normalized spacial score (nSPS) is 16.4. The van der Waals surface area contributed by atoms with Crippen LogP contribution < -0.4 is 15.9 Å². The molecule has 36 heavy (non-hydrogen) atoms. The summed E-state index contributed by atoms with van der Waals surface area (Å²) in [4.78, 5) is 31.2. The number of rotatable bonds is 5. The average Bonchev–Trinajstić information content (AvgIpc) is 3.13. The topological polar surface area (TPSA) is 105 Å². The molecule has 2 N–H and O–H groups in total. The Kier molecular flexibility index (Phi) is 5.65. The molecule has 1 saturated heterocycles. The van der Waals surface area contributed by atoms with Crippen LogP contribution in [-0.2, 0) is 7.05 Å². The van der Waals surface area contributed by atoms with Gasteiger partial charge in [-0.25, -0.2) is 32.4 Å². The van der Waals surface area contributed by atoms with E-state index >= 15 is 0 Å². The van der Waals surface area contributed by atoms with Gasteiger partial charge in [0.15, 0.2) is 5.65 Å². The van der Waals surface area contributed by atoms with Gasteiger partial charge >= 0.3 is 11.7 Å². The average molecular weight is 497 g/mol. The predicted octanol–water partition coefficient (Wildman–Crippen LogP) is 4.00. The lowest BCUT2D eigenvalue weighted by atomic mass is 10.0. The number of aromatic carboxylic acids is 1. The van der Waals surface area contributed by atoms with Gasteiger partial charge in [-0.1, -0.05) is 18.2 Å². The third-order valence-electron chi connectivity index (χ3n) is 6.63. The number of hydrogen-bond donors (Lipinski definition) is 2. The third kappa shape index (κ3) is 4.04. The van der Waals surface area contributed by atoms with Gasteiger partial charge in [-0.2, -0.15) is 0 Å². The van der Waals surface area contributed by atoms with Gasteiger partial charge in [0.2, 0.25) is 5.95 Å². The molecule has 0 amide bonds. The van der Waals surface area contributed by atoms with Crippen molar-refractivity contribution in [3.63, 3.8) is 0 Å². The number of aryl methyl sites for hydroxylation is 2. The number of aromatic nitrogens is 4. The first kappa shape index (κ1) is 23.7. The molecule has 4 aromatic rings. The van der Waals surface area contributed by atoms with Gasteiger partial charge in [-0.15, -0.1) is 5.10 Å². The summed E-state index contributed by atoms with van der Waals surface area (Å²) in [6.07, 6.45) is -0.651. The SMILES string of the molecule is Cc1cc([C@@H](C)Nc2ccccc2C(=O)O)c2nc(N3CCC(F)(F)CC3)n3c(=O)n(C)nc3c2c1. The summed E-state index contributed by atoms with van der Waals surface area (Å²) in [6.45, 7) is 3.93. The number of carboxylic acids is 1. The number of para-hydroxylation sites is 1. The van der Waals surface area contributed by atoms with Crippen molar-refractivity contribution in [1.29, 1.82) is 0 Å². The number of halogens is 2. The molecule has 0 saturated carbocycles. The summed E-state index contributed by atoms with van der Waals surface area (Å²) in [5.74, 6) is -3.52. The molecule has 1 aliphatic heterocycles. The number of fused-ring (bicyclic) bond motifs is 3. The predicted molar refractivity (Wildman–Crippen MR) is 132 cm³/mol. The van der Waals surface area contributed by atoms with Gasteiger partial charge in [0.1, 0.15) is 0 Å². The van der Waals surface area contributed by atoms with Crippen molar-refractivity contribution in [3.8, 4) is 0 Å².